The third-order valence-corrected chi connectivity index (χ3v) is 3.76. The van der Waals surface area contributed by atoms with Crippen molar-refractivity contribution < 1.29 is 19.1 Å². The molecule has 1 aliphatic heterocycles. The van der Waals surface area contributed by atoms with Gasteiger partial charge in [0.25, 0.3) is 5.91 Å². The number of likely N-dealkylation sites (tertiary alicyclic amines) is 1. The van der Waals surface area contributed by atoms with Crippen molar-refractivity contribution in [2.24, 2.45) is 0 Å². The summed E-state index contributed by atoms with van der Waals surface area (Å²) in [5, 5.41) is 9.98. The van der Waals surface area contributed by atoms with Gasteiger partial charge in [-0.05, 0) is 25.3 Å². The molecule has 1 N–H and O–H groups in total. The molecule has 0 spiro atoms. The van der Waals surface area contributed by atoms with Crippen LogP contribution in [0.3, 0.4) is 0 Å². The molecule has 5 heteroatoms. The lowest BCUT2D eigenvalue weighted by Crippen LogP contribution is -2.47. The summed E-state index contributed by atoms with van der Waals surface area (Å²) >= 11 is 0. The number of furan rings is 1. The van der Waals surface area contributed by atoms with E-state index in [1.54, 1.807) is 6.07 Å². The minimum atomic E-state index is -0.939. The molecule has 0 aliphatic carbocycles. The lowest BCUT2D eigenvalue weighted by Gasteiger charge is -2.32. The predicted octanol–water partition coefficient (Wildman–Crippen LogP) is 2.51. The number of fused-ring (bicyclic) bond motifs is 1. The minimum absolute atomic E-state index is 0.262. The molecule has 1 aliphatic rings. The fraction of sp³-hybridized carbons (Fsp3) is 0.333. The highest BCUT2D eigenvalue weighted by atomic mass is 16.4. The molecule has 0 saturated carbocycles. The smallest absolute Gasteiger partial charge is 0.326 e. The van der Waals surface area contributed by atoms with E-state index in [9.17, 15) is 14.7 Å². The van der Waals surface area contributed by atoms with E-state index < -0.39 is 12.0 Å². The zero-order valence-corrected chi connectivity index (χ0v) is 10.9. The SMILES string of the molecule is O=C(O)[C@@H]1CCCCN1C(=O)c1coc2ccccc12. The van der Waals surface area contributed by atoms with Crippen molar-refractivity contribution in [3.63, 3.8) is 0 Å². The molecule has 0 unspecified atom stereocenters. The van der Waals surface area contributed by atoms with Gasteiger partial charge in [0, 0.05) is 11.9 Å². The molecule has 0 bridgehead atoms. The van der Waals surface area contributed by atoms with Crippen molar-refractivity contribution in [3.05, 3.63) is 36.1 Å². The Hall–Kier alpha value is -2.30. The molecule has 1 atom stereocenters. The van der Waals surface area contributed by atoms with Gasteiger partial charge >= 0.3 is 5.97 Å². The molecule has 1 fully saturated rings. The molecule has 1 saturated heterocycles. The highest BCUT2D eigenvalue weighted by Crippen LogP contribution is 2.25. The molecule has 5 nitrogen and oxygen atoms in total. The summed E-state index contributed by atoms with van der Waals surface area (Å²) in [4.78, 5) is 25.3. The van der Waals surface area contributed by atoms with Gasteiger partial charge in [0.2, 0.25) is 0 Å². The van der Waals surface area contributed by atoms with Crippen LogP contribution in [-0.2, 0) is 4.79 Å². The number of benzene rings is 1. The van der Waals surface area contributed by atoms with E-state index >= 15 is 0 Å². The highest BCUT2D eigenvalue weighted by molar-refractivity contribution is 6.06. The Labute approximate surface area is 115 Å². The van der Waals surface area contributed by atoms with Gasteiger partial charge in [0.05, 0.1) is 5.56 Å². The number of amides is 1. The van der Waals surface area contributed by atoms with Crippen molar-refractivity contribution in [1.82, 2.24) is 4.90 Å². The summed E-state index contributed by atoms with van der Waals surface area (Å²) in [5.74, 6) is -1.20. The Kier molecular flexibility index (Phi) is 3.18. The van der Waals surface area contributed by atoms with E-state index in [4.69, 9.17) is 4.42 Å². The molecule has 2 heterocycles. The number of carbonyl (C=O) groups is 2. The van der Waals surface area contributed by atoms with Crippen LogP contribution in [0.4, 0.5) is 0 Å². The van der Waals surface area contributed by atoms with Crippen LogP contribution < -0.4 is 0 Å². The first-order valence-corrected chi connectivity index (χ1v) is 6.68. The average Bonchev–Trinajstić information content (AvgIpc) is 2.90. The highest BCUT2D eigenvalue weighted by Gasteiger charge is 2.33. The molecule has 0 radical (unpaired) electrons. The Morgan fingerprint density at radius 1 is 1.25 bits per heavy atom. The standard InChI is InChI=1S/C15H15NO4/c17-14(16-8-4-3-6-12(16)15(18)19)11-9-20-13-7-2-1-5-10(11)13/h1-2,5,7,9,12H,3-4,6,8H2,(H,18,19)/t12-/m0/s1. The second-order valence-corrected chi connectivity index (χ2v) is 4.99. The van der Waals surface area contributed by atoms with E-state index in [0.717, 1.165) is 18.2 Å². The number of carboxylic acids is 1. The number of nitrogens with zero attached hydrogens (tertiary/aromatic N) is 1. The second kappa shape index (κ2) is 5.00. The van der Waals surface area contributed by atoms with Gasteiger partial charge in [-0.3, -0.25) is 4.79 Å². The number of piperidine rings is 1. The van der Waals surface area contributed by atoms with E-state index in [1.807, 2.05) is 18.2 Å². The normalized spacial score (nSPS) is 19.2. The third-order valence-electron chi connectivity index (χ3n) is 3.76. The molecular weight excluding hydrogens is 258 g/mol. The molecule has 20 heavy (non-hydrogen) atoms. The zero-order valence-electron chi connectivity index (χ0n) is 10.9. The van der Waals surface area contributed by atoms with Crippen LogP contribution in [0.5, 0.6) is 0 Å². The summed E-state index contributed by atoms with van der Waals surface area (Å²) in [6.07, 6.45) is 3.61. The Morgan fingerprint density at radius 3 is 2.85 bits per heavy atom. The lowest BCUT2D eigenvalue weighted by atomic mass is 10.0. The zero-order chi connectivity index (χ0) is 14.1. The number of carboxylic acid groups (broad SMARTS) is 1. The number of hydrogen-bond acceptors (Lipinski definition) is 3. The van der Waals surface area contributed by atoms with Gasteiger partial charge in [0.1, 0.15) is 17.9 Å². The van der Waals surface area contributed by atoms with Crippen LogP contribution >= 0.6 is 0 Å². The maximum absolute atomic E-state index is 12.6. The summed E-state index contributed by atoms with van der Waals surface area (Å²) in [7, 11) is 0. The van der Waals surface area contributed by atoms with Gasteiger partial charge in [0.15, 0.2) is 0 Å². The molecule has 104 valence electrons. The van der Waals surface area contributed by atoms with Gasteiger partial charge in [-0.1, -0.05) is 18.2 Å². The molecule has 1 aromatic carbocycles. The maximum atomic E-state index is 12.6. The molecular formula is C15H15NO4. The van der Waals surface area contributed by atoms with Gasteiger partial charge < -0.3 is 14.4 Å². The Bertz CT molecular complexity index is 661. The van der Waals surface area contributed by atoms with Gasteiger partial charge in [-0.2, -0.15) is 0 Å². The summed E-state index contributed by atoms with van der Waals surface area (Å²) in [5.41, 5.74) is 1.08. The Balaban J connectivity index is 1.96. The third kappa shape index (κ3) is 2.05. The number of para-hydroxylation sites is 1. The molecule has 2 aromatic rings. The monoisotopic (exact) mass is 273 g/mol. The van der Waals surface area contributed by atoms with Crippen LogP contribution in [-0.4, -0.2) is 34.5 Å². The van der Waals surface area contributed by atoms with Crippen LogP contribution in [0.2, 0.25) is 0 Å². The van der Waals surface area contributed by atoms with Crippen molar-refractivity contribution in [2.45, 2.75) is 25.3 Å². The van der Waals surface area contributed by atoms with Crippen LogP contribution in [0.25, 0.3) is 11.0 Å². The van der Waals surface area contributed by atoms with Gasteiger partial charge in [-0.25, -0.2) is 4.79 Å². The quantitative estimate of drug-likeness (QED) is 0.912. The first kappa shape index (κ1) is 12.7. The lowest BCUT2D eigenvalue weighted by molar-refractivity contribution is -0.143. The van der Waals surface area contributed by atoms with E-state index in [0.29, 0.717) is 24.1 Å². The maximum Gasteiger partial charge on any atom is 0.326 e. The summed E-state index contributed by atoms with van der Waals surface area (Å²) in [6, 6.07) is 6.54. The van der Waals surface area contributed by atoms with Crippen LogP contribution in [0.15, 0.2) is 34.9 Å². The van der Waals surface area contributed by atoms with Crippen molar-refractivity contribution in [2.75, 3.05) is 6.54 Å². The Morgan fingerprint density at radius 2 is 2.05 bits per heavy atom. The number of rotatable bonds is 2. The summed E-state index contributed by atoms with van der Waals surface area (Å²) < 4.78 is 5.36. The van der Waals surface area contributed by atoms with E-state index in [-0.39, 0.29) is 5.91 Å². The van der Waals surface area contributed by atoms with Crippen molar-refractivity contribution >= 4 is 22.8 Å². The van der Waals surface area contributed by atoms with Crippen molar-refractivity contribution in [1.29, 1.82) is 0 Å². The molecule has 1 amide bonds. The average molecular weight is 273 g/mol. The topological polar surface area (TPSA) is 70.8 Å². The number of hydrogen-bond donors (Lipinski definition) is 1. The first-order valence-electron chi connectivity index (χ1n) is 6.68. The minimum Gasteiger partial charge on any atom is -0.480 e. The second-order valence-electron chi connectivity index (χ2n) is 4.99. The molecule has 1 aromatic heterocycles. The molecule has 3 rings (SSSR count). The number of aliphatic carboxylic acids is 1. The van der Waals surface area contributed by atoms with Crippen LogP contribution in [0, 0.1) is 0 Å². The van der Waals surface area contributed by atoms with E-state index in [1.165, 1.54) is 11.2 Å². The fourth-order valence-electron chi connectivity index (χ4n) is 2.73. The largest absolute Gasteiger partial charge is 0.480 e. The van der Waals surface area contributed by atoms with Gasteiger partial charge in [-0.15, -0.1) is 0 Å². The fourth-order valence-corrected chi connectivity index (χ4v) is 2.73. The van der Waals surface area contributed by atoms with E-state index in [2.05, 4.69) is 0 Å². The first-order chi connectivity index (χ1) is 9.68. The number of carbonyl (C=O) groups excluding carboxylic acids is 1. The summed E-state index contributed by atoms with van der Waals surface area (Å²) in [6.45, 7) is 0.481. The van der Waals surface area contributed by atoms with Crippen LogP contribution in [0.1, 0.15) is 29.6 Å². The van der Waals surface area contributed by atoms with Crippen molar-refractivity contribution in [3.8, 4) is 0 Å². The predicted molar refractivity (Wildman–Crippen MR) is 72.5 cm³/mol.